The Kier molecular flexibility index (Phi) is 6.16. The molecule has 5 nitrogen and oxygen atoms in total. The van der Waals surface area contributed by atoms with E-state index in [4.69, 9.17) is 0 Å². The van der Waals surface area contributed by atoms with Crippen molar-refractivity contribution in [2.75, 3.05) is 24.2 Å². The normalized spacial score (nSPS) is 17.5. The molecule has 1 heterocycles. The minimum absolute atomic E-state index is 0.00295. The molecule has 1 aliphatic rings. The van der Waals surface area contributed by atoms with E-state index in [9.17, 15) is 26.4 Å². The first kappa shape index (κ1) is 20.2. The maximum Gasteiger partial charge on any atom is 0.417 e. The Morgan fingerprint density at radius 1 is 1.32 bits per heavy atom. The van der Waals surface area contributed by atoms with E-state index in [0.717, 1.165) is 6.07 Å². The van der Waals surface area contributed by atoms with Crippen molar-refractivity contribution in [2.45, 2.75) is 25.9 Å². The van der Waals surface area contributed by atoms with Gasteiger partial charge in [-0.05, 0) is 38.0 Å². The van der Waals surface area contributed by atoms with E-state index in [1.807, 2.05) is 0 Å². The zero-order valence-electron chi connectivity index (χ0n) is 13.4. The summed E-state index contributed by atoms with van der Waals surface area (Å²) in [5, 5.41) is 2.49. The van der Waals surface area contributed by atoms with E-state index in [0.29, 0.717) is 12.8 Å². The summed E-state index contributed by atoms with van der Waals surface area (Å²) in [5.41, 5.74) is -0.807. The largest absolute Gasteiger partial charge is 0.417 e. The molecule has 0 aliphatic carbocycles. The SMILES string of the molecule is CCS(=O)(=O)N1CCC(C(=O)Nc2ccc(Br)c(C(F)(F)F)c2)CC1. The van der Waals surface area contributed by atoms with Crippen LogP contribution in [0, 0.1) is 5.92 Å². The molecule has 0 bridgehead atoms. The van der Waals surface area contributed by atoms with Crippen LogP contribution in [0.5, 0.6) is 0 Å². The van der Waals surface area contributed by atoms with Gasteiger partial charge in [0.2, 0.25) is 15.9 Å². The van der Waals surface area contributed by atoms with Gasteiger partial charge in [0, 0.05) is 29.2 Å². The fraction of sp³-hybridized carbons (Fsp3) is 0.533. The van der Waals surface area contributed by atoms with Crippen LogP contribution < -0.4 is 5.32 Å². The molecule has 1 aliphatic heterocycles. The number of carbonyl (C=O) groups is 1. The summed E-state index contributed by atoms with van der Waals surface area (Å²) in [7, 11) is -3.28. The van der Waals surface area contributed by atoms with Crippen LogP contribution in [0.3, 0.4) is 0 Å². The van der Waals surface area contributed by atoms with Crippen LogP contribution in [0.2, 0.25) is 0 Å². The molecule has 25 heavy (non-hydrogen) atoms. The van der Waals surface area contributed by atoms with Gasteiger partial charge in [-0.1, -0.05) is 15.9 Å². The highest BCUT2D eigenvalue weighted by Gasteiger charge is 2.34. The van der Waals surface area contributed by atoms with Gasteiger partial charge in [-0.3, -0.25) is 4.79 Å². The van der Waals surface area contributed by atoms with E-state index in [-0.39, 0.29) is 29.0 Å². The van der Waals surface area contributed by atoms with Crippen LogP contribution >= 0.6 is 15.9 Å². The molecule has 0 unspecified atom stereocenters. The fourth-order valence-corrected chi connectivity index (χ4v) is 4.25. The quantitative estimate of drug-likeness (QED) is 0.775. The Bertz CT molecular complexity index is 745. The summed E-state index contributed by atoms with van der Waals surface area (Å²) >= 11 is 2.85. The van der Waals surface area contributed by atoms with E-state index in [2.05, 4.69) is 21.2 Å². The molecule has 1 aromatic carbocycles. The number of rotatable bonds is 4. The van der Waals surface area contributed by atoms with Crippen molar-refractivity contribution >= 4 is 37.5 Å². The molecule has 1 fully saturated rings. The molecule has 0 atom stereocenters. The van der Waals surface area contributed by atoms with Crippen molar-refractivity contribution in [1.82, 2.24) is 4.31 Å². The number of nitrogens with zero attached hydrogens (tertiary/aromatic N) is 1. The third-order valence-electron chi connectivity index (χ3n) is 4.12. The minimum Gasteiger partial charge on any atom is -0.326 e. The molecular formula is C15H18BrF3N2O3S. The Labute approximate surface area is 152 Å². The number of halogens is 4. The van der Waals surface area contributed by atoms with Crippen LogP contribution in [0.1, 0.15) is 25.3 Å². The first-order valence-corrected chi connectivity index (χ1v) is 10.1. The number of hydrogen-bond donors (Lipinski definition) is 1. The van der Waals surface area contributed by atoms with Crippen LogP contribution in [-0.2, 0) is 21.0 Å². The van der Waals surface area contributed by atoms with Crippen LogP contribution in [0.15, 0.2) is 22.7 Å². The van der Waals surface area contributed by atoms with Crippen LogP contribution in [0.4, 0.5) is 18.9 Å². The number of anilines is 1. The fourth-order valence-electron chi connectivity index (χ4n) is 2.64. The average molecular weight is 443 g/mol. The number of benzene rings is 1. The van der Waals surface area contributed by atoms with Gasteiger partial charge in [-0.15, -0.1) is 0 Å². The standard InChI is InChI=1S/C15H18BrF3N2O3S/c1-2-25(23,24)21-7-5-10(6-8-21)14(22)20-11-3-4-13(16)12(9-11)15(17,18)19/h3-4,9-10H,2,5-8H2,1H3,(H,20,22). The lowest BCUT2D eigenvalue weighted by molar-refractivity contribution is -0.138. The highest BCUT2D eigenvalue weighted by molar-refractivity contribution is 9.10. The topological polar surface area (TPSA) is 66.5 Å². The first-order chi connectivity index (χ1) is 11.5. The third kappa shape index (κ3) is 4.95. The molecule has 0 radical (unpaired) electrons. The molecule has 2 rings (SSSR count). The molecule has 0 spiro atoms. The van der Waals surface area contributed by atoms with E-state index in [1.165, 1.54) is 16.4 Å². The maximum absolute atomic E-state index is 12.9. The third-order valence-corrected chi connectivity index (χ3v) is 6.70. The summed E-state index contributed by atoms with van der Waals surface area (Å²) in [5.74, 6) is -0.825. The van der Waals surface area contributed by atoms with Crippen molar-refractivity contribution in [1.29, 1.82) is 0 Å². The second-order valence-electron chi connectivity index (χ2n) is 5.76. The molecule has 10 heteroatoms. The number of nitrogens with one attached hydrogen (secondary N) is 1. The van der Waals surface area contributed by atoms with Crippen LogP contribution in [0.25, 0.3) is 0 Å². The summed E-state index contributed by atoms with van der Waals surface area (Å²) < 4.78 is 63.6. The summed E-state index contributed by atoms with van der Waals surface area (Å²) in [6, 6.07) is 3.49. The Morgan fingerprint density at radius 2 is 1.92 bits per heavy atom. The molecule has 1 amide bonds. The van der Waals surface area contributed by atoms with E-state index >= 15 is 0 Å². The Morgan fingerprint density at radius 3 is 2.44 bits per heavy atom. The summed E-state index contributed by atoms with van der Waals surface area (Å²) in [6.07, 6.45) is -3.85. The zero-order valence-corrected chi connectivity index (χ0v) is 15.8. The predicted molar refractivity (Wildman–Crippen MR) is 91.5 cm³/mol. The number of hydrogen-bond acceptors (Lipinski definition) is 3. The second-order valence-corrected chi connectivity index (χ2v) is 8.87. The smallest absolute Gasteiger partial charge is 0.326 e. The number of amides is 1. The van der Waals surface area contributed by atoms with Crippen molar-refractivity contribution < 1.29 is 26.4 Å². The number of sulfonamides is 1. The molecule has 1 saturated heterocycles. The monoisotopic (exact) mass is 442 g/mol. The average Bonchev–Trinajstić information content (AvgIpc) is 2.55. The number of piperidine rings is 1. The van der Waals surface area contributed by atoms with Crippen molar-refractivity contribution in [3.05, 3.63) is 28.2 Å². The highest BCUT2D eigenvalue weighted by atomic mass is 79.9. The Hall–Kier alpha value is -1.13. The maximum atomic E-state index is 12.9. The van der Waals surface area contributed by atoms with Gasteiger partial charge < -0.3 is 5.32 Å². The van der Waals surface area contributed by atoms with Gasteiger partial charge in [0.15, 0.2) is 0 Å². The van der Waals surface area contributed by atoms with Gasteiger partial charge >= 0.3 is 6.18 Å². The van der Waals surface area contributed by atoms with E-state index in [1.54, 1.807) is 6.92 Å². The van der Waals surface area contributed by atoms with Gasteiger partial charge in [-0.25, -0.2) is 12.7 Å². The minimum atomic E-state index is -4.53. The number of carbonyl (C=O) groups excluding carboxylic acids is 1. The van der Waals surface area contributed by atoms with Gasteiger partial charge in [0.25, 0.3) is 0 Å². The predicted octanol–water partition coefficient (Wildman–Crippen LogP) is 3.47. The molecule has 0 aromatic heterocycles. The first-order valence-electron chi connectivity index (χ1n) is 7.70. The molecule has 1 N–H and O–H groups in total. The summed E-state index contributed by atoms with van der Waals surface area (Å²) in [6.45, 7) is 2.03. The van der Waals surface area contributed by atoms with Crippen molar-refractivity contribution in [3.8, 4) is 0 Å². The lowest BCUT2D eigenvalue weighted by atomic mass is 9.97. The van der Waals surface area contributed by atoms with Gasteiger partial charge in [0.05, 0.1) is 11.3 Å². The van der Waals surface area contributed by atoms with Crippen LogP contribution in [-0.4, -0.2) is 37.5 Å². The van der Waals surface area contributed by atoms with Gasteiger partial charge in [0.1, 0.15) is 0 Å². The van der Waals surface area contributed by atoms with Gasteiger partial charge in [-0.2, -0.15) is 13.2 Å². The molecule has 1 aromatic rings. The van der Waals surface area contributed by atoms with E-state index < -0.39 is 33.6 Å². The lowest BCUT2D eigenvalue weighted by Gasteiger charge is -2.30. The second kappa shape index (κ2) is 7.63. The molecular weight excluding hydrogens is 425 g/mol. The summed E-state index contributed by atoms with van der Waals surface area (Å²) in [4.78, 5) is 12.3. The Balaban J connectivity index is 2.02. The lowest BCUT2D eigenvalue weighted by Crippen LogP contribution is -2.42. The molecule has 140 valence electrons. The highest BCUT2D eigenvalue weighted by Crippen LogP contribution is 2.36. The molecule has 0 saturated carbocycles. The number of alkyl halides is 3. The zero-order chi connectivity index (χ0) is 18.8. The van der Waals surface area contributed by atoms with Crippen molar-refractivity contribution in [2.24, 2.45) is 5.92 Å². The van der Waals surface area contributed by atoms with Crippen molar-refractivity contribution in [3.63, 3.8) is 0 Å².